The minimum Gasteiger partial charge on any atom is -0.390 e. The molecule has 0 fully saturated rings. The zero-order valence-electron chi connectivity index (χ0n) is 9.17. The van der Waals surface area contributed by atoms with Crippen molar-refractivity contribution in [1.82, 2.24) is 15.0 Å². The number of amides is 1. The van der Waals surface area contributed by atoms with E-state index >= 15 is 0 Å². The molecule has 2 N–H and O–H groups in total. The number of anilines is 1. The summed E-state index contributed by atoms with van der Waals surface area (Å²) < 4.78 is 0. The Morgan fingerprint density at radius 3 is 2.78 bits per heavy atom. The molecule has 0 bridgehead atoms. The van der Waals surface area contributed by atoms with Gasteiger partial charge in [-0.3, -0.25) is 9.78 Å². The van der Waals surface area contributed by atoms with Crippen LogP contribution in [0.2, 0.25) is 5.15 Å². The molecule has 0 spiro atoms. The van der Waals surface area contributed by atoms with Gasteiger partial charge < -0.3 is 10.4 Å². The molecule has 2 rings (SSSR count). The maximum atomic E-state index is 11.9. The first-order valence-corrected chi connectivity index (χ1v) is 5.42. The van der Waals surface area contributed by atoms with Crippen LogP contribution < -0.4 is 5.32 Å². The first kappa shape index (κ1) is 12.4. The van der Waals surface area contributed by atoms with Gasteiger partial charge in [0.15, 0.2) is 5.69 Å². The molecular weight excluding hydrogens is 256 g/mol. The number of aliphatic hydroxyl groups is 1. The summed E-state index contributed by atoms with van der Waals surface area (Å²) in [5, 5.41) is 11.9. The fourth-order valence-electron chi connectivity index (χ4n) is 1.34. The van der Waals surface area contributed by atoms with Gasteiger partial charge in [0, 0.05) is 24.3 Å². The van der Waals surface area contributed by atoms with Gasteiger partial charge in [-0.15, -0.1) is 0 Å². The topological polar surface area (TPSA) is 88.0 Å². The second-order valence-electron chi connectivity index (χ2n) is 3.33. The number of aromatic nitrogens is 3. The van der Waals surface area contributed by atoms with Crippen LogP contribution in [0.3, 0.4) is 0 Å². The number of aliphatic hydroxyl groups excluding tert-OH is 1. The fourth-order valence-corrected chi connectivity index (χ4v) is 1.52. The number of carbonyl (C=O) groups is 1. The Balaban J connectivity index is 2.22. The van der Waals surface area contributed by atoms with E-state index in [9.17, 15) is 4.79 Å². The monoisotopic (exact) mass is 264 g/mol. The van der Waals surface area contributed by atoms with Gasteiger partial charge in [-0.2, -0.15) is 0 Å². The smallest absolute Gasteiger partial charge is 0.276 e. The summed E-state index contributed by atoms with van der Waals surface area (Å²) in [5.41, 5.74) is 0.789. The minimum atomic E-state index is -0.464. The van der Waals surface area contributed by atoms with E-state index in [-0.39, 0.29) is 23.1 Å². The highest BCUT2D eigenvalue weighted by atomic mass is 35.5. The van der Waals surface area contributed by atoms with E-state index in [0.29, 0.717) is 5.69 Å². The van der Waals surface area contributed by atoms with Crippen molar-refractivity contribution in [3.8, 4) is 0 Å². The van der Waals surface area contributed by atoms with Crippen molar-refractivity contribution < 1.29 is 9.90 Å². The number of carbonyl (C=O) groups excluding carboxylic acids is 1. The second kappa shape index (κ2) is 5.52. The van der Waals surface area contributed by atoms with Gasteiger partial charge in [-0.05, 0) is 12.1 Å². The summed E-state index contributed by atoms with van der Waals surface area (Å²) in [7, 11) is 0. The summed E-state index contributed by atoms with van der Waals surface area (Å²) in [6.07, 6.45) is 4.26. The van der Waals surface area contributed by atoms with Crippen LogP contribution in [-0.2, 0) is 6.61 Å². The fraction of sp³-hybridized carbons (Fsp3) is 0.0909. The molecule has 0 aliphatic rings. The van der Waals surface area contributed by atoms with Crippen LogP contribution in [0.4, 0.5) is 5.69 Å². The lowest BCUT2D eigenvalue weighted by molar-refractivity contribution is 0.101. The lowest BCUT2D eigenvalue weighted by Crippen LogP contribution is -2.17. The molecule has 18 heavy (non-hydrogen) atoms. The van der Waals surface area contributed by atoms with Gasteiger partial charge >= 0.3 is 0 Å². The zero-order valence-corrected chi connectivity index (χ0v) is 9.92. The van der Waals surface area contributed by atoms with E-state index in [4.69, 9.17) is 16.7 Å². The normalized spacial score (nSPS) is 10.1. The highest BCUT2D eigenvalue weighted by Crippen LogP contribution is 2.13. The third-order valence-corrected chi connectivity index (χ3v) is 2.33. The van der Waals surface area contributed by atoms with Crippen LogP contribution in [0, 0.1) is 0 Å². The number of halogens is 1. The van der Waals surface area contributed by atoms with Gasteiger partial charge in [0.25, 0.3) is 5.91 Å². The van der Waals surface area contributed by atoms with Crippen LogP contribution in [0.1, 0.15) is 16.2 Å². The molecule has 0 unspecified atom stereocenters. The Bertz CT molecular complexity index is 576. The Kier molecular flexibility index (Phi) is 3.81. The molecule has 6 nitrogen and oxygen atoms in total. The number of nitrogens with one attached hydrogen (secondary N) is 1. The maximum Gasteiger partial charge on any atom is 0.276 e. The van der Waals surface area contributed by atoms with Crippen molar-refractivity contribution in [3.05, 3.63) is 47.3 Å². The van der Waals surface area contributed by atoms with E-state index < -0.39 is 5.91 Å². The van der Waals surface area contributed by atoms with Crippen LogP contribution in [0.15, 0.2) is 30.7 Å². The maximum absolute atomic E-state index is 11.9. The molecule has 7 heteroatoms. The molecule has 0 aliphatic heterocycles. The number of pyridine rings is 1. The summed E-state index contributed by atoms with van der Waals surface area (Å²) in [4.78, 5) is 23.5. The van der Waals surface area contributed by atoms with Gasteiger partial charge in [0.05, 0.1) is 12.3 Å². The molecule has 0 aliphatic carbocycles. The average Bonchev–Trinajstić information content (AvgIpc) is 2.38. The first-order valence-electron chi connectivity index (χ1n) is 5.04. The van der Waals surface area contributed by atoms with Gasteiger partial charge in [-0.1, -0.05) is 11.6 Å². The standard InChI is InChI=1S/C11H9ClN4O2/c12-9-5-7(1-2-14-9)16-11(18)10-8(6-17)13-3-4-15-10/h1-5,17H,6H2,(H,14,16,18). The third kappa shape index (κ3) is 2.79. The Labute approximate surface area is 108 Å². The number of hydrogen-bond acceptors (Lipinski definition) is 5. The molecule has 1 amide bonds. The van der Waals surface area contributed by atoms with E-state index in [2.05, 4.69) is 20.3 Å². The first-order chi connectivity index (χ1) is 8.70. The van der Waals surface area contributed by atoms with E-state index in [1.54, 1.807) is 6.07 Å². The quantitative estimate of drug-likeness (QED) is 0.815. The lowest BCUT2D eigenvalue weighted by Gasteiger charge is -2.06. The largest absolute Gasteiger partial charge is 0.390 e. The zero-order chi connectivity index (χ0) is 13.0. The number of hydrogen-bond donors (Lipinski definition) is 2. The summed E-state index contributed by atoms with van der Waals surface area (Å²) >= 11 is 5.70. The summed E-state index contributed by atoms with van der Waals surface area (Å²) in [5.74, 6) is -0.464. The molecule has 92 valence electrons. The molecular formula is C11H9ClN4O2. The molecule has 0 radical (unpaired) electrons. The molecule has 2 aromatic rings. The molecule has 0 aromatic carbocycles. The van der Waals surface area contributed by atoms with Crippen LogP contribution >= 0.6 is 11.6 Å². The average molecular weight is 265 g/mol. The second-order valence-corrected chi connectivity index (χ2v) is 3.72. The van der Waals surface area contributed by atoms with Crippen LogP contribution in [-0.4, -0.2) is 26.0 Å². The van der Waals surface area contributed by atoms with Crippen molar-refractivity contribution >= 4 is 23.2 Å². The molecule has 0 saturated heterocycles. The number of nitrogens with zero attached hydrogens (tertiary/aromatic N) is 3. The van der Waals surface area contributed by atoms with Crippen LogP contribution in [0.5, 0.6) is 0 Å². The van der Waals surface area contributed by atoms with E-state index in [1.807, 2.05) is 0 Å². The van der Waals surface area contributed by atoms with Crippen molar-refractivity contribution in [1.29, 1.82) is 0 Å². The predicted octanol–water partition coefficient (Wildman–Crippen LogP) is 1.27. The Hall–Kier alpha value is -2.05. The number of rotatable bonds is 3. The SMILES string of the molecule is O=C(Nc1ccnc(Cl)c1)c1nccnc1CO. The predicted molar refractivity (Wildman–Crippen MR) is 65.2 cm³/mol. The lowest BCUT2D eigenvalue weighted by atomic mass is 10.3. The van der Waals surface area contributed by atoms with Crippen molar-refractivity contribution in [2.24, 2.45) is 0 Å². The third-order valence-electron chi connectivity index (χ3n) is 2.12. The van der Waals surface area contributed by atoms with Crippen molar-refractivity contribution in [2.45, 2.75) is 6.61 Å². The van der Waals surface area contributed by atoms with Crippen LogP contribution in [0.25, 0.3) is 0 Å². The summed E-state index contributed by atoms with van der Waals surface area (Å²) in [6, 6.07) is 3.10. The molecule has 2 aromatic heterocycles. The highest BCUT2D eigenvalue weighted by Gasteiger charge is 2.13. The minimum absolute atomic E-state index is 0.0768. The van der Waals surface area contributed by atoms with Crippen molar-refractivity contribution in [2.75, 3.05) is 5.32 Å². The van der Waals surface area contributed by atoms with E-state index in [1.165, 1.54) is 24.7 Å². The molecule has 0 atom stereocenters. The van der Waals surface area contributed by atoms with Gasteiger partial charge in [-0.25, -0.2) is 9.97 Å². The molecule has 0 saturated carbocycles. The highest BCUT2D eigenvalue weighted by molar-refractivity contribution is 6.29. The van der Waals surface area contributed by atoms with Crippen molar-refractivity contribution in [3.63, 3.8) is 0 Å². The Morgan fingerprint density at radius 2 is 2.06 bits per heavy atom. The molecule has 2 heterocycles. The summed E-state index contributed by atoms with van der Waals surface area (Å²) in [6.45, 7) is -0.353. The van der Waals surface area contributed by atoms with Gasteiger partial charge in [0.1, 0.15) is 5.15 Å². The van der Waals surface area contributed by atoms with E-state index in [0.717, 1.165) is 0 Å². The van der Waals surface area contributed by atoms with Gasteiger partial charge in [0.2, 0.25) is 0 Å². The Morgan fingerprint density at radius 1 is 1.28 bits per heavy atom.